The molecule has 0 aliphatic heterocycles. The summed E-state index contributed by atoms with van der Waals surface area (Å²) >= 11 is 0. The van der Waals surface area contributed by atoms with Gasteiger partial charge in [-0.3, -0.25) is 4.98 Å². The zero-order valence-electron chi connectivity index (χ0n) is 23.2. The van der Waals surface area contributed by atoms with Crippen LogP contribution in [0.15, 0.2) is 104 Å². The van der Waals surface area contributed by atoms with Crippen molar-refractivity contribution in [2.75, 3.05) is 0 Å². The summed E-state index contributed by atoms with van der Waals surface area (Å²) in [6, 6.07) is 31.2. The van der Waals surface area contributed by atoms with Gasteiger partial charge in [0.05, 0.1) is 12.4 Å². The van der Waals surface area contributed by atoms with E-state index < -0.39 is 0 Å². The normalized spacial score (nSPS) is 11.5. The van der Waals surface area contributed by atoms with Crippen molar-refractivity contribution in [2.24, 2.45) is 0 Å². The fourth-order valence-electron chi connectivity index (χ4n) is 4.99. The molecule has 7 rings (SSSR count). The summed E-state index contributed by atoms with van der Waals surface area (Å²) < 4.78 is 8.39. The van der Waals surface area contributed by atoms with Gasteiger partial charge in [0.25, 0.3) is 0 Å². The summed E-state index contributed by atoms with van der Waals surface area (Å²) in [6.45, 7) is 6.69. The maximum atomic E-state index is 6.25. The molecular weight excluding hydrogens is 703 g/mol. The molecule has 208 valence electrons. The molecule has 7 aromatic rings. The van der Waals surface area contributed by atoms with E-state index in [1.54, 1.807) is 24.8 Å². The number of hydrogen-bond acceptors (Lipinski definition) is 5. The van der Waals surface area contributed by atoms with Gasteiger partial charge in [-0.25, -0.2) is 4.98 Å². The summed E-state index contributed by atoms with van der Waals surface area (Å²) in [7, 11) is 0. The largest absolute Gasteiger partial charge is 2.00 e. The topological polar surface area (TPSA) is 70.7 Å². The van der Waals surface area contributed by atoms with Gasteiger partial charge >= 0.3 is 21.1 Å². The first kappa shape index (κ1) is 27.6. The van der Waals surface area contributed by atoms with Gasteiger partial charge in [0, 0.05) is 41.2 Å². The van der Waals surface area contributed by atoms with E-state index in [9.17, 15) is 0 Å². The first-order valence-corrected chi connectivity index (χ1v) is 13.4. The van der Waals surface area contributed by atoms with Crippen molar-refractivity contribution in [2.45, 2.75) is 26.2 Å². The van der Waals surface area contributed by atoms with Crippen molar-refractivity contribution in [3.05, 3.63) is 121 Å². The number of aromatic nitrogens is 6. The zero-order chi connectivity index (χ0) is 28.0. The Bertz CT molecular complexity index is 1990. The zero-order valence-corrected chi connectivity index (χ0v) is 25.5. The van der Waals surface area contributed by atoms with Crippen LogP contribution >= 0.6 is 0 Å². The molecule has 0 radical (unpaired) electrons. The molecule has 4 heterocycles. The summed E-state index contributed by atoms with van der Waals surface area (Å²) in [4.78, 5) is 10.5. The van der Waals surface area contributed by atoms with Gasteiger partial charge in [-0.05, 0) is 57.9 Å². The molecule has 0 spiro atoms. The van der Waals surface area contributed by atoms with E-state index in [-0.39, 0.29) is 26.5 Å². The van der Waals surface area contributed by atoms with Crippen molar-refractivity contribution in [1.29, 1.82) is 0 Å². The Morgan fingerprint density at radius 1 is 0.738 bits per heavy atom. The van der Waals surface area contributed by atoms with Crippen molar-refractivity contribution >= 4 is 21.8 Å². The van der Waals surface area contributed by atoms with Crippen LogP contribution in [0.5, 0.6) is 11.5 Å². The van der Waals surface area contributed by atoms with Crippen LogP contribution in [0, 0.1) is 12.1 Å². The molecule has 4 aromatic heterocycles. The van der Waals surface area contributed by atoms with Crippen LogP contribution in [-0.2, 0) is 26.5 Å². The number of nitrogens with zero attached hydrogens (tertiary/aromatic N) is 6. The molecule has 3 aromatic carbocycles. The van der Waals surface area contributed by atoms with E-state index in [0.717, 1.165) is 38.8 Å². The average molecular weight is 730 g/mol. The fraction of sp³-hybridized carbons (Fsp3) is 0.118. The van der Waals surface area contributed by atoms with Gasteiger partial charge in [0.1, 0.15) is 5.82 Å². The number of hydrogen-bond donors (Lipinski definition) is 0. The standard InChI is InChI=1S/C34H26N6O.Pt/c1-34(2,3)25-8-11-31-30(19-25)29-10-9-28(41-27-6-4-5-26(20-27)40-37-17-18-38-40)21-32(29)39(31)33-12-7-24(22-36-33)23-13-15-35-16-14-23;/h4-19,22H,1-3H3;/q-2;+2. The number of ether oxygens (including phenoxy) is 1. The van der Waals surface area contributed by atoms with E-state index in [1.165, 1.54) is 10.4 Å². The second-order valence-electron chi connectivity index (χ2n) is 10.9. The van der Waals surface area contributed by atoms with Crippen LogP contribution in [0.3, 0.4) is 0 Å². The minimum absolute atomic E-state index is 0. The van der Waals surface area contributed by atoms with E-state index in [1.807, 2.05) is 48.7 Å². The van der Waals surface area contributed by atoms with Gasteiger partial charge < -0.3 is 9.30 Å². The molecule has 0 saturated heterocycles. The molecule has 0 fully saturated rings. The smallest absolute Gasteiger partial charge is 0.509 e. The third-order valence-corrected chi connectivity index (χ3v) is 7.11. The predicted molar refractivity (Wildman–Crippen MR) is 160 cm³/mol. The van der Waals surface area contributed by atoms with Crippen LogP contribution in [0.25, 0.3) is 44.4 Å². The van der Waals surface area contributed by atoms with Crippen molar-refractivity contribution < 1.29 is 25.8 Å². The summed E-state index contributed by atoms with van der Waals surface area (Å²) in [5.41, 5.74) is 6.02. The average Bonchev–Trinajstić information content (AvgIpc) is 3.64. The molecule has 42 heavy (non-hydrogen) atoms. The minimum Gasteiger partial charge on any atom is -0.509 e. The molecule has 8 heteroatoms. The number of fused-ring (bicyclic) bond motifs is 3. The van der Waals surface area contributed by atoms with Crippen LogP contribution in [0.1, 0.15) is 26.3 Å². The van der Waals surface area contributed by atoms with Gasteiger partial charge in [-0.2, -0.15) is 27.1 Å². The van der Waals surface area contributed by atoms with Crippen LogP contribution < -0.4 is 4.74 Å². The Balaban J connectivity index is 0.00000316. The second-order valence-corrected chi connectivity index (χ2v) is 10.9. The molecule has 0 aliphatic carbocycles. The monoisotopic (exact) mass is 729 g/mol. The summed E-state index contributed by atoms with van der Waals surface area (Å²) in [5.74, 6) is 1.93. The quantitative estimate of drug-likeness (QED) is 0.172. The molecule has 7 nitrogen and oxygen atoms in total. The summed E-state index contributed by atoms with van der Waals surface area (Å²) in [6.07, 6.45) is 8.74. The molecule has 0 N–H and O–H groups in total. The number of benzene rings is 3. The third-order valence-electron chi connectivity index (χ3n) is 7.11. The maximum absolute atomic E-state index is 6.25. The molecule has 0 amide bonds. The molecule has 0 atom stereocenters. The van der Waals surface area contributed by atoms with Gasteiger partial charge in [0.2, 0.25) is 0 Å². The van der Waals surface area contributed by atoms with E-state index in [2.05, 4.69) is 83.0 Å². The third kappa shape index (κ3) is 5.12. The van der Waals surface area contributed by atoms with Crippen molar-refractivity contribution in [3.8, 4) is 34.1 Å². The van der Waals surface area contributed by atoms with E-state index in [0.29, 0.717) is 17.2 Å². The van der Waals surface area contributed by atoms with Crippen LogP contribution in [0.4, 0.5) is 0 Å². The first-order chi connectivity index (χ1) is 19.9. The van der Waals surface area contributed by atoms with Gasteiger partial charge in [-0.1, -0.05) is 38.4 Å². The molecule has 0 bridgehead atoms. The molecule has 0 saturated carbocycles. The molecule has 0 unspecified atom stereocenters. The Morgan fingerprint density at radius 2 is 1.52 bits per heavy atom. The van der Waals surface area contributed by atoms with Gasteiger partial charge in [-0.15, -0.1) is 35.7 Å². The molecular formula is C34H26N6OPt. The predicted octanol–water partition coefficient (Wildman–Crippen LogP) is 7.51. The SMILES string of the molecule is CC(C)(C)c1ccc2c(c1)c1ccc(Oc3[c-]c(-n4nccn4)ccc3)[c-]c1n2-c1ccc(-c2ccncc2)cn1.[Pt+2]. The Hall–Kier alpha value is -4.61. The van der Waals surface area contributed by atoms with Gasteiger partial charge in [0.15, 0.2) is 0 Å². The van der Waals surface area contributed by atoms with E-state index >= 15 is 0 Å². The number of pyridine rings is 2. The summed E-state index contributed by atoms with van der Waals surface area (Å²) in [5, 5.41) is 10.6. The van der Waals surface area contributed by atoms with Crippen molar-refractivity contribution in [1.82, 2.24) is 29.5 Å². The second kappa shape index (κ2) is 11.0. The molecule has 0 aliphatic rings. The first-order valence-electron chi connectivity index (χ1n) is 13.4. The fourth-order valence-corrected chi connectivity index (χ4v) is 4.99. The maximum Gasteiger partial charge on any atom is 2.00 e. The van der Waals surface area contributed by atoms with E-state index in [4.69, 9.17) is 9.72 Å². The van der Waals surface area contributed by atoms with Crippen molar-refractivity contribution in [3.63, 3.8) is 0 Å². The minimum atomic E-state index is 0. The van der Waals surface area contributed by atoms with Crippen LogP contribution in [-0.4, -0.2) is 29.5 Å². The number of rotatable bonds is 5. The Labute approximate surface area is 258 Å². The van der Waals surface area contributed by atoms with Crippen LogP contribution in [0.2, 0.25) is 0 Å². The Kier molecular flexibility index (Phi) is 7.21. The Morgan fingerprint density at radius 3 is 2.26 bits per heavy atom.